The number of rotatable bonds is 4. The molecule has 0 aliphatic carbocycles. The third kappa shape index (κ3) is 4.61. The van der Waals surface area contributed by atoms with Gasteiger partial charge in [-0.25, -0.2) is 4.39 Å². The maximum Gasteiger partial charge on any atom is 0.133 e. The maximum absolute atomic E-state index is 14.2. The van der Waals surface area contributed by atoms with Crippen molar-refractivity contribution >= 4 is 10.8 Å². The van der Waals surface area contributed by atoms with Gasteiger partial charge < -0.3 is 0 Å². The highest BCUT2D eigenvalue weighted by Gasteiger charge is 2.04. The Kier molecular flexibility index (Phi) is 5.96. The van der Waals surface area contributed by atoms with E-state index < -0.39 is 0 Å². The highest BCUT2D eigenvalue weighted by molar-refractivity contribution is 5.85. The third-order valence-corrected chi connectivity index (χ3v) is 5.59. The van der Waals surface area contributed by atoms with E-state index in [2.05, 4.69) is 67.3 Å². The molecule has 148 valence electrons. The lowest BCUT2D eigenvalue weighted by Gasteiger charge is -2.04. The molecular formula is C29H25F. The van der Waals surface area contributed by atoms with Crippen molar-refractivity contribution < 1.29 is 4.39 Å². The van der Waals surface area contributed by atoms with Gasteiger partial charge in [0.1, 0.15) is 5.82 Å². The summed E-state index contributed by atoms with van der Waals surface area (Å²) in [5, 5.41) is 1.53. The number of aryl methyl sites for hydroxylation is 4. The molecule has 4 aromatic rings. The molecule has 0 saturated heterocycles. The van der Waals surface area contributed by atoms with Gasteiger partial charge in [0.2, 0.25) is 0 Å². The molecule has 30 heavy (non-hydrogen) atoms. The highest BCUT2D eigenvalue weighted by Crippen LogP contribution is 2.21. The van der Waals surface area contributed by atoms with Crippen LogP contribution in [0.4, 0.5) is 4.39 Å². The predicted octanol–water partition coefficient (Wildman–Crippen LogP) is 7.03. The molecule has 0 heterocycles. The second-order valence-corrected chi connectivity index (χ2v) is 7.75. The molecule has 0 bridgehead atoms. The second-order valence-electron chi connectivity index (χ2n) is 7.75. The van der Waals surface area contributed by atoms with E-state index in [9.17, 15) is 4.39 Å². The van der Waals surface area contributed by atoms with Crippen LogP contribution in [0.15, 0.2) is 78.9 Å². The van der Waals surface area contributed by atoms with Crippen LogP contribution in [0.2, 0.25) is 0 Å². The molecule has 4 rings (SSSR count). The van der Waals surface area contributed by atoms with Crippen LogP contribution in [0.3, 0.4) is 0 Å². The van der Waals surface area contributed by atoms with Gasteiger partial charge >= 0.3 is 0 Å². The van der Waals surface area contributed by atoms with Gasteiger partial charge in [0.15, 0.2) is 0 Å². The minimum absolute atomic E-state index is 0.149. The Labute approximate surface area is 178 Å². The van der Waals surface area contributed by atoms with E-state index in [-0.39, 0.29) is 5.82 Å². The molecule has 0 aromatic heterocycles. The van der Waals surface area contributed by atoms with Crippen LogP contribution in [0, 0.1) is 24.6 Å². The summed E-state index contributed by atoms with van der Waals surface area (Å²) >= 11 is 0. The first-order chi connectivity index (χ1) is 14.6. The molecule has 0 fully saturated rings. The molecule has 0 aliphatic rings. The normalized spacial score (nSPS) is 10.6. The summed E-state index contributed by atoms with van der Waals surface area (Å²) in [6, 6.07) is 26.8. The fraction of sp³-hybridized carbons (Fsp3) is 0.172. The van der Waals surface area contributed by atoms with E-state index in [0.29, 0.717) is 10.9 Å². The SMILES string of the molecule is CCc1ccc(CCc2ccc(C#Cc3ccc4c(F)c(C)ccc4c3)cc2)cc1. The number of benzene rings is 4. The van der Waals surface area contributed by atoms with Crippen LogP contribution in [0.5, 0.6) is 0 Å². The third-order valence-electron chi connectivity index (χ3n) is 5.59. The molecule has 0 unspecified atom stereocenters. The van der Waals surface area contributed by atoms with Crippen LogP contribution in [0.1, 0.15) is 40.3 Å². The summed E-state index contributed by atoms with van der Waals surface area (Å²) < 4.78 is 14.2. The average molecular weight is 393 g/mol. The summed E-state index contributed by atoms with van der Waals surface area (Å²) in [5.74, 6) is 6.28. The van der Waals surface area contributed by atoms with Gasteiger partial charge in [0.05, 0.1) is 0 Å². The fourth-order valence-electron chi connectivity index (χ4n) is 3.61. The summed E-state index contributed by atoms with van der Waals surface area (Å²) in [4.78, 5) is 0. The average Bonchev–Trinajstić information content (AvgIpc) is 2.80. The Morgan fingerprint density at radius 3 is 1.90 bits per heavy atom. The molecule has 1 heteroatoms. The molecule has 0 radical (unpaired) electrons. The predicted molar refractivity (Wildman–Crippen MR) is 124 cm³/mol. The molecule has 0 N–H and O–H groups in total. The van der Waals surface area contributed by atoms with Gasteiger partial charge in [-0.2, -0.15) is 0 Å². The molecule has 0 nitrogen and oxygen atoms in total. The van der Waals surface area contributed by atoms with Crippen molar-refractivity contribution in [1.82, 2.24) is 0 Å². The number of fused-ring (bicyclic) bond motifs is 1. The zero-order chi connectivity index (χ0) is 20.9. The van der Waals surface area contributed by atoms with E-state index in [0.717, 1.165) is 35.8 Å². The molecular weight excluding hydrogens is 367 g/mol. The maximum atomic E-state index is 14.2. The molecule has 0 atom stereocenters. The first-order valence-corrected chi connectivity index (χ1v) is 10.5. The van der Waals surface area contributed by atoms with E-state index >= 15 is 0 Å². The standard InChI is InChI=1S/C29H25F/c1-3-22-5-7-23(8-6-22)9-10-24-11-13-25(14-12-24)15-16-26-17-19-28-27(20-26)18-4-21(2)29(28)30/h4-8,11-14,17-20H,3,9-10H2,1-2H3. The Bertz CT molecular complexity index is 1220. The summed E-state index contributed by atoms with van der Waals surface area (Å²) in [6.07, 6.45) is 3.15. The molecule has 0 spiro atoms. The van der Waals surface area contributed by atoms with Crippen molar-refractivity contribution in [1.29, 1.82) is 0 Å². The minimum Gasteiger partial charge on any atom is -0.206 e. The fourth-order valence-corrected chi connectivity index (χ4v) is 3.61. The van der Waals surface area contributed by atoms with E-state index in [4.69, 9.17) is 0 Å². The van der Waals surface area contributed by atoms with Crippen LogP contribution < -0.4 is 0 Å². The van der Waals surface area contributed by atoms with Crippen molar-refractivity contribution in [3.8, 4) is 11.8 Å². The van der Waals surface area contributed by atoms with Crippen molar-refractivity contribution in [2.75, 3.05) is 0 Å². The first-order valence-electron chi connectivity index (χ1n) is 10.5. The monoisotopic (exact) mass is 392 g/mol. The first kappa shape index (κ1) is 19.9. The summed E-state index contributed by atoms with van der Waals surface area (Å²) in [5.41, 5.74) is 6.62. The largest absolute Gasteiger partial charge is 0.206 e. The van der Waals surface area contributed by atoms with Gasteiger partial charge in [-0.15, -0.1) is 0 Å². The van der Waals surface area contributed by atoms with Crippen molar-refractivity contribution in [2.45, 2.75) is 33.1 Å². The Balaban J connectivity index is 1.43. The zero-order valence-electron chi connectivity index (χ0n) is 17.5. The topological polar surface area (TPSA) is 0 Å². The van der Waals surface area contributed by atoms with Gasteiger partial charge in [-0.1, -0.05) is 73.4 Å². The lowest BCUT2D eigenvalue weighted by atomic mass is 10.0. The number of hydrogen-bond donors (Lipinski definition) is 0. The lowest BCUT2D eigenvalue weighted by Crippen LogP contribution is -1.92. The van der Waals surface area contributed by atoms with Crippen LogP contribution in [-0.4, -0.2) is 0 Å². The van der Waals surface area contributed by atoms with Crippen molar-refractivity contribution in [3.05, 3.63) is 118 Å². The quantitative estimate of drug-likeness (QED) is 0.327. The van der Waals surface area contributed by atoms with Crippen LogP contribution in [-0.2, 0) is 19.3 Å². The number of hydrogen-bond acceptors (Lipinski definition) is 0. The molecule has 0 amide bonds. The van der Waals surface area contributed by atoms with Gasteiger partial charge in [-0.3, -0.25) is 0 Å². The molecule has 4 aromatic carbocycles. The van der Waals surface area contributed by atoms with Gasteiger partial charge in [-0.05, 0) is 78.1 Å². The van der Waals surface area contributed by atoms with Crippen molar-refractivity contribution in [2.24, 2.45) is 0 Å². The van der Waals surface area contributed by atoms with Crippen LogP contribution >= 0.6 is 0 Å². The van der Waals surface area contributed by atoms with E-state index in [1.807, 2.05) is 30.3 Å². The second kappa shape index (κ2) is 8.97. The number of halogens is 1. The molecule has 0 aliphatic heterocycles. The zero-order valence-corrected chi connectivity index (χ0v) is 17.5. The smallest absolute Gasteiger partial charge is 0.133 e. The van der Waals surface area contributed by atoms with Gasteiger partial charge in [0.25, 0.3) is 0 Å². The molecule has 0 saturated carbocycles. The Morgan fingerprint density at radius 1 is 0.667 bits per heavy atom. The van der Waals surface area contributed by atoms with E-state index in [1.54, 1.807) is 6.92 Å². The van der Waals surface area contributed by atoms with Crippen LogP contribution in [0.25, 0.3) is 10.8 Å². The lowest BCUT2D eigenvalue weighted by molar-refractivity contribution is 0.631. The van der Waals surface area contributed by atoms with Crippen molar-refractivity contribution in [3.63, 3.8) is 0 Å². The Hall–Kier alpha value is -3.37. The Morgan fingerprint density at radius 2 is 1.23 bits per heavy atom. The minimum atomic E-state index is -0.149. The van der Waals surface area contributed by atoms with Gasteiger partial charge in [0, 0.05) is 16.5 Å². The van der Waals surface area contributed by atoms with E-state index in [1.165, 1.54) is 16.7 Å². The highest BCUT2D eigenvalue weighted by atomic mass is 19.1. The summed E-state index contributed by atoms with van der Waals surface area (Å²) in [7, 11) is 0. The summed E-state index contributed by atoms with van der Waals surface area (Å²) in [6.45, 7) is 3.97.